The van der Waals surface area contributed by atoms with Gasteiger partial charge in [-0.3, -0.25) is 0 Å². The lowest BCUT2D eigenvalue weighted by molar-refractivity contribution is -0.671. The monoisotopic (exact) mass is 260 g/mol. The van der Waals surface area contributed by atoms with Crippen molar-refractivity contribution in [2.45, 2.75) is 0 Å². The summed E-state index contributed by atoms with van der Waals surface area (Å²) in [7, 11) is 4.05. The van der Waals surface area contributed by atoms with Gasteiger partial charge in [0.05, 0.1) is 0 Å². The molecule has 0 aliphatic rings. The van der Waals surface area contributed by atoms with Crippen LogP contribution in [-0.2, 0) is 14.1 Å². The molecular weight excluding hydrogens is 247 g/mol. The molecule has 0 saturated carbocycles. The fourth-order valence-corrected chi connectivity index (χ4v) is 1.39. The molecule has 0 atom stereocenters. The summed E-state index contributed by atoms with van der Waals surface area (Å²) in [5, 5.41) is 0. The number of pyridine rings is 2. The van der Waals surface area contributed by atoms with Crippen molar-refractivity contribution in [3.05, 3.63) is 49.1 Å². The molecule has 0 unspecified atom stereocenters. The van der Waals surface area contributed by atoms with E-state index in [-0.39, 0.29) is 24.8 Å². The van der Waals surface area contributed by atoms with E-state index >= 15 is 0 Å². The Balaban J connectivity index is 0.00000112. The zero-order valence-electron chi connectivity index (χ0n) is 9.27. The molecule has 2 heterocycles. The van der Waals surface area contributed by atoms with Crippen molar-refractivity contribution in [2.24, 2.45) is 14.1 Å². The van der Waals surface area contributed by atoms with Gasteiger partial charge in [-0.15, -0.1) is 0 Å². The maximum Gasteiger partial charge on any atom is 0.169 e. The fourth-order valence-electron chi connectivity index (χ4n) is 1.39. The van der Waals surface area contributed by atoms with Crippen LogP contribution >= 0.6 is 0 Å². The molecule has 2 nitrogen and oxygen atoms in total. The molecule has 0 aliphatic carbocycles. The number of halogens is 2. The maximum atomic E-state index is 2.12. The normalized spacial score (nSPS) is 8.88. The molecule has 0 bridgehead atoms. The first-order valence-corrected chi connectivity index (χ1v) is 4.67. The highest BCUT2D eigenvalue weighted by Gasteiger charge is 2.00. The lowest BCUT2D eigenvalue weighted by Crippen LogP contribution is -3.00. The van der Waals surface area contributed by atoms with Crippen LogP contribution in [0.2, 0.25) is 0 Å². The van der Waals surface area contributed by atoms with Crippen LogP contribution in [0.1, 0.15) is 0 Å². The molecular formula is C12H14Cl2N2. The Morgan fingerprint density at radius 1 is 0.625 bits per heavy atom. The Bertz CT molecular complexity index is 380. The minimum Gasteiger partial charge on any atom is -1.00 e. The standard InChI is InChI=1S/C12H14N2.2ClH/c1-13-7-3-11(4-8-13)12-5-9-14(2)10-6-12;;/h3-10H,1-2H3;2*1H/q+2;;/p-2/i1+2,2+2;;. The third kappa shape index (κ3) is 3.47. The molecule has 0 saturated heterocycles. The molecule has 16 heavy (non-hydrogen) atoms. The van der Waals surface area contributed by atoms with Gasteiger partial charge in [0.25, 0.3) is 0 Å². The molecule has 0 aromatic carbocycles. The first-order chi connectivity index (χ1) is 6.75. The average Bonchev–Trinajstić information content (AvgIpc) is 2.21. The van der Waals surface area contributed by atoms with E-state index in [4.69, 9.17) is 0 Å². The van der Waals surface area contributed by atoms with Crippen molar-refractivity contribution < 1.29 is 33.9 Å². The second-order valence-electron chi connectivity index (χ2n) is 3.50. The van der Waals surface area contributed by atoms with Crippen molar-refractivity contribution in [2.75, 3.05) is 0 Å². The smallest absolute Gasteiger partial charge is 0.169 e. The summed E-state index contributed by atoms with van der Waals surface area (Å²) >= 11 is 0. The summed E-state index contributed by atoms with van der Waals surface area (Å²) in [5.74, 6) is 0. The Morgan fingerprint density at radius 3 is 1.12 bits per heavy atom. The number of rotatable bonds is 1. The Hall–Kier alpha value is -1.12. The molecule has 0 radical (unpaired) electrons. The van der Waals surface area contributed by atoms with E-state index in [1.54, 1.807) is 0 Å². The van der Waals surface area contributed by atoms with Gasteiger partial charge in [0.15, 0.2) is 24.8 Å². The molecule has 0 fully saturated rings. The largest absolute Gasteiger partial charge is 1.00 e. The van der Waals surface area contributed by atoms with Crippen LogP contribution in [0.3, 0.4) is 0 Å². The summed E-state index contributed by atoms with van der Waals surface area (Å²) in [4.78, 5) is 0. The highest BCUT2D eigenvalue weighted by molar-refractivity contribution is 5.60. The molecule has 86 valence electrons. The van der Waals surface area contributed by atoms with Crippen LogP contribution in [0.25, 0.3) is 11.1 Å². The molecule has 0 spiro atoms. The van der Waals surface area contributed by atoms with E-state index in [0.717, 1.165) is 0 Å². The van der Waals surface area contributed by atoms with Gasteiger partial charge in [-0.2, -0.15) is 0 Å². The van der Waals surface area contributed by atoms with E-state index in [1.165, 1.54) is 11.1 Å². The average molecular weight is 261 g/mol. The molecule has 4 heteroatoms. The van der Waals surface area contributed by atoms with E-state index < -0.39 is 0 Å². The summed E-state index contributed by atoms with van der Waals surface area (Å²) in [5.41, 5.74) is 2.51. The second-order valence-corrected chi connectivity index (χ2v) is 3.50. The Morgan fingerprint density at radius 2 is 0.875 bits per heavy atom. The van der Waals surface area contributed by atoms with E-state index in [0.29, 0.717) is 0 Å². The van der Waals surface area contributed by atoms with Gasteiger partial charge < -0.3 is 24.8 Å². The molecule has 0 aliphatic heterocycles. The van der Waals surface area contributed by atoms with Gasteiger partial charge in [0, 0.05) is 24.3 Å². The fraction of sp³-hybridized carbons (Fsp3) is 0.167. The van der Waals surface area contributed by atoms with E-state index in [1.807, 2.05) is 23.2 Å². The summed E-state index contributed by atoms with van der Waals surface area (Å²) in [6.07, 6.45) is 8.23. The van der Waals surface area contributed by atoms with Crippen molar-refractivity contribution >= 4 is 0 Å². The summed E-state index contributed by atoms with van der Waals surface area (Å²) in [6.45, 7) is 0. The molecule has 2 rings (SSSR count). The predicted octanol–water partition coefficient (Wildman–Crippen LogP) is -4.99. The third-order valence-electron chi connectivity index (χ3n) is 2.29. The van der Waals surface area contributed by atoms with E-state index in [9.17, 15) is 0 Å². The minimum atomic E-state index is 0. The zero-order chi connectivity index (χ0) is 9.97. The van der Waals surface area contributed by atoms with Crippen molar-refractivity contribution in [1.29, 1.82) is 0 Å². The summed E-state index contributed by atoms with van der Waals surface area (Å²) < 4.78 is 4.07. The van der Waals surface area contributed by atoms with Gasteiger partial charge in [-0.1, -0.05) is 0 Å². The number of nitrogens with zero attached hydrogens (tertiary/aromatic N) is 2. The highest BCUT2D eigenvalue weighted by Crippen LogP contribution is 2.14. The van der Waals surface area contributed by atoms with Crippen LogP contribution < -0.4 is 33.9 Å². The Kier molecular flexibility index (Phi) is 6.01. The molecule has 0 N–H and O–H groups in total. The van der Waals surface area contributed by atoms with Crippen molar-refractivity contribution in [3.63, 3.8) is 0 Å². The lowest BCUT2D eigenvalue weighted by Gasteiger charge is -1.97. The SMILES string of the molecule is [14CH3][n+]1ccc(-c2cc[n+]([14CH3])cc2)cc1.[Cl-].[Cl-]. The van der Waals surface area contributed by atoms with Crippen LogP contribution in [-0.4, -0.2) is 0 Å². The Labute approximate surface area is 108 Å². The van der Waals surface area contributed by atoms with Crippen molar-refractivity contribution in [1.82, 2.24) is 0 Å². The summed E-state index contributed by atoms with van der Waals surface area (Å²) in [6, 6.07) is 8.48. The lowest BCUT2D eigenvalue weighted by atomic mass is 10.1. The number of aromatic nitrogens is 2. The number of aryl methyl sites for hydroxylation is 2. The first-order valence-electron chi connectivity index (χ1n) is 4.67. The van der Waals surface area contributed by atoms with Gasteiger partial charge in [0.1, 0.15) is 14.1 Å². The third-order valence-corrected chi connectivity index (χ3v) is 2.29. The predicted molar refractivity (Wildman–Crippen MR) is 54.2 cm³/mol. The van der Waals surface area contributed by atoms with Gasteiger partial charge >= 0.3 is 0 Å². The molecule has 2 aromatic rings. The number of hydrogen-bond donors (Lipinski definition) is 0. The first kappa shape index (κ1) is 14.9. The van der Waals surface area contributed by atoms with E-state index in [2.05, 4.69) is 49.1 Å². The topological polar surface area (TPSA) is 7.76 Å². The van der Waals surface area contributed by atoms with Gasteiger partial charge in [0.2, 0.25) is 0 Å². The van der Waals surface area contributed by atoms with Crippen LogP contribution in [0.4, 0.5) is 0 Å². The van der Waals surface area contributed by atoms with Crippen LogP contribution in [0.15, 0.2) is 49.1 Å². The quantitative estimate of drug-likeness (QED) is 0.454. The second kappa shape index (κ2) is 6.46. The number of hydrogen-bond acceptors (Lipinski definition) is 0. The zero-order valence-corrected chi connectivity index (χ0v) is 10.8. The van der Waals surface area contributed by atoms with Crippen LogP contribution in [0, 0.1) is 0 Å². The van der Waals surface area contributed by atoms with Crippen LogP contribution in [0.5, 0.6) is 0 Å². The molecule has 2 aromatic heterocycles. The minimum absolute atomic E-state index is 0. The maximum absolute atomic E-state index is 2.12. The highest BCUT2D eigenvalue weighted by atomic mass is 35.5. The van der Waals surface area contributed by atoms with Gasteiger partial charge in [-0.05, 0) is 11.1 Å². The van der Waals surface area contributed by atoms with Gasteiger partial charge in [-0.25, -0.2) is 9.13 Å². The van der Waals surface area contributed by atoms with Crippen molar-refractivity contribution in [3.8, 4) is 11.1 Å². The molecule has 0 amide bonds.